The molecule has 1 aliphatic rings. The van der Waals surface area contributed by atoms with Crippen molar-refractivity contribution in [1.82, 2.24) is 0 Å². The number of esters is 2. The number of carbonyl (C=O) groups excluding carboxylic acids is 2. The van der Waals surface area contributed by atoms with Crippen LogP contribution in [-0.2, 0) is 41.8 Å². The topological polar surface area (TPSA) is 276 Å². The summed E-state index contributed by atoms with van der Waals surface area (Å²) in [4.78, 5) is 54.3. The van der Waals surface area contributed by atoms with Crippen LogP contribution < -0.4 is 0 Å². The summed E-state index contributed by atoms with van der Waals surface area (Å²) in [5.41, 5.74) is 0. The molecule has 0 aromatic heterocycles. The third kappa shape index (κ3) is 32.9. The maximum Gasteiger partial charge on any atom is 0.472 e. The first-order chi connectivity index (χ1) is 32.5. The second kappa shape index (κ2) is 38.8. The van der Waals surface area contributed by atoms with E-state index in [0.29, 0.717) is 32.1 Å². The fraction of sp³-hybridized carbons (Fsp3) is 0.673. The maximum atomic E-state index is 13.0. The summed E-state index contributed by atoms with van der Waals surface area (Å²) in [7, 11) is -10.7. The van der Waals surface area contributed by atoms with Gasteiger partial charge < -0.3 is 49.7 Å². The van der Waals surface area contributed by atoms with Crippen LogP contribution in [0.5, 0.6) is 0 Å². The van der Waals surface area contributed by atoms with Gasteiger partial charge in [-0.25, -0.2) is 9.13 Å². The lowest BCUT2D eigenvalue weighted by atomic mass is 9.85. The molecule has 0 radical (unpaired) electrons. The Morgan fingerprint density at radius 1 is 0.559 bits per heavy atom. The van der Waals surface area contributed by atoms with Crippen LogP contribution in [0.2, 0.25) is 0 Å². The van der Waals surface area contributed by atoms with Crippen molar-refractivity contribution in [3.63, 3.8) is 0 Å². The van der Waals surface area contributed by atoms with Crippen LogP contribution in [-0.4, -0.2) is 114 Å². The highest BCUT2D eigenvalue weighted by Crippen LogP contribution is 2.49. The predicted molar refractivity (Wildman–Crippen MR) is 261 cm³/mol. The van der Waals surface area contributed by atoms with Gasteiger partial charge in [0.05, 0.1) is 12.7 Å². The van der Waals surface area contributed by atoms with Gasteiger partial charge in [0, 0.05) is 12.8 Å². The smallest absolute Gasteiger partial charge is 0.462 e. The van der Waals surface area contributed by atoms with Crippen LogP contribution in [0.25, 0.3) is 0 Å². The molecule has 19 heteroatoms. The quantitative estimate of drug-likeness (QED) is 0.00944. The number of allylic oxidation sites excluding steroid dienone is 12. The van der Waals surface area contributed by atoms with Crippen molar-refractivity contribution in [1.29, 1.82) is 0 Å². The van der Waals surface area contributed by atoms with Crippen molar-refractivity contribution in [3.05, 3.63) is 85.1 Å². The highest BCUT2D eigenvalue weighted by molar-refractivity contribution is 7.47. The van der Waals surface area contributed by atoms with Gasteiger partial charge in [0.2, 0.25) is 0 Å². The standard InChI is InChI=1S/C49H82O17P2/c1-3-5-7-8-9-10-11-12-13-14-15-16-20-23-26-29-32-36-42(51)62-38-41(39-63-68(60,61)66-49-46(55)44(53)45(54)48(47(49)56)65-67(57,58)59)64-43(52)37-33-30-27-24-21-18-17-19-22-25-28-31-35-40(50)34-6-4-2/h6,9-10,12-13,17-18,22,24-25,27-28,31,34,40-41,44-50,53-56H,3-5,7-8,11,14-16,19-21,23,26,29-30,32-33,35-39H2,1-2H3,(H,60,61)(H2,57,58,59)/b10-9-,13-12-,18-17-,25-22-,27-24-,31-28+,34-6-/t40?,41-,44?,45?,46?,47?,48-,49+/m1/s1. The van der Waals surface area contributed by atoms with Gasteiger partial charge in [0.25, 0.3) is 0 Å². The lowest BCUT2D eigenvalue weighted by Crippen LogP contribution is -2.64. The Morgan fingerprint density at radius 3 is 1.68 bits per heavy atom. The molecule has 0 spiro atoms. The van der Waals surface area contributed by atoms with Gasteiger partial charge >= 0.3 is 27.6 Å². The van der Waals surface area contributed by atoms with Crippen LogP contribution in [0.1, 0.15) is 149 Å². The van der Waals surface area contributed by atoms with Gasteiger partial charge in [-0.2, -0.15) is 0 Å². The van der Waals surface area contributed by atoms with Crippen LogP contribution in [0.4, 0.5) is 0 Å². The Bertz CT molecular complexity index is 1650. The van der Waals surface area contributed by atoms with Gasteiger partial charge in [0.1, 0.15) is 43.2 Å². The molecule has 8 N–H and O–H groups in total. The highest BCUT2D eigenvalue weighted by Gasteiger charge is 2.54. The summed E-state index contributed by atoms with van der Waals surface area (Å²) in [6, 6.07) is 0. The van der Waals surface area contributed by atoms with E-state index in [2.05, 4.69) is 35.8 Å². The number of unbranched alkanes of at least 4 members (excludes halogenated alkanes) is 11. The van der Waals surface area contributed by atoms with E-state index in [1.807, 2.05) is 61.6 Å². The number of carbonyl (C=O) groups is 2. The minimum atomic E-state index is -5.38. The third-order valence-electron chi connectivity index (χ3n) is 10.5. The van der Waals surface area contributed by atoms with Crippen LogP contribution >= 0.6 is 15.6 Å². The summed E-state index contributed by atoms with van der Waals surface area (Å²) in [6.45, 7) is 2.79. The highest BCUT2D eigenvalue weighted by atomic mass is 31.2. The van der Waals surface area contributed by atoms with E-state index in [4.69, 9.17) is 18.5 Å². The second-order valence-electron chi connectivity index (χ2n) is 16.6. The van der Waals surface area contributed by atoms with Crippen molar-refractivity contribution in [2.24, 2.45) is 0 Å². The zero-order valence-corrected chi connectivity index (χ0v) is 41.9. The SMILES string of the molecule is CC/C=C\C(O)C/C=C/C=C\C/C=C\C/C=C\CCCC(=O)O[C@H](COC(=O)CCCCCCCCC/C=C\C/C=C\CCCCC)COP(=O)(O)O[C@H]1C(O)C(O)C(O)[C@@H](OP(=O)(O)O)C1O. The lowest BCUT2D eigenvalue weighted by molar-refractivity contribution is -0.216. The molecular weight excluding hydrogens is 922 g/mol. The Kier molecular flexibility index (Phi) is 36.1. The molecule has 0 aliphatic heterocycles. The average molecular weight is 1010 g/mol. The zero-order chi connectivity index (χ0) is 50.5. The average Bonchev–Trinajstić information content (AvgIpc) is 3.29. The van der Waals surface area contributed by atoms with Gasteiger partial charge in [-0.3, -0.25) is 23.2 Å². The fourth-order valence-corrected chi connectivity index (χ4v) is 8.30. The molecule has 1 aliphatic carbocycles. The zero-order valence-electron chi connectivity index (χ0n) is 40.1. The van der Waals surface area contributed by atoms with Crippen LogP contribution in [0.3, 0.4) is 0 Å². The van der Waals surface area contributed by atoms with E-state index in [-0.39, 0.29) is 12.8 Å². The first-order valence-corrected chi connectivity index (χ1v) is 27.3. The minimum Gasteiger partial charge on any atom is -0.462 e. The largest absolute Gasteiger partial charge is 0.472 e. The molecule has 1 rings (SSSR count). The van der Waals surface area contributed by atoms with E-state index < -0.39 is 89.6 Å². The first kappa shape index (κ1) is 63.2. The van der Waals surface area contributed by atoms with Gasteiger partial charge in [-0.15, -0.1) is 0 Å². The molecule has 0 aromatic rings. The molecule has 1 fully saturated rings. The number of phosphoric ester groups is 2. The molecule has 1 saturated carbocycles. The minimum absolute atomic E-state index is 0.0582. The Hall–Kier alpha value is -2.86. The van der Waals surface area contributed by atoms with Crippen molar-refractivity contribution in [2.45, 2.75) is 198 Å². The van der Waals surface area contributed by atoms with Crippen molar-refractivity contribution < 1.29 is 82.0 Å². The second-order valence-corrected chi connectivity index (χ2v) is 19.2. The summed E-state index contributed by atoms with van der Waals surface area (Å²) in [6.07, 6.45) is 30.2. The third-order valence-corrected chi connectivity index (χ3v) is 12.0. The molecule has 0 amide bonds. The monoisotopic (exact) mass is 1000 g/mol. The van der Waals surface area contributed by atoms with Crippen LogP contribution in [0.15, 0.2) is 85.1 Å². The molecule has 0 bridgehead atoms. The lowest BCUT2D eigenvalue weighted by Gasteiger charge is -2.43. The number of hydrogen-bond acceptors (Lipinski definition) is 14. The maximum absolute atomic E-state index is 13.0. The van der Waals surface area contributed by atoms with Crippen molar-refractivity contribution in [2.75, 3.05) is 13.2 Å². The molecule has 390 valence electrons. The number of rotatable bonds is 39. The molecule has 9 atom stereocenters. The summed E-state index contributed by atoms with van der Waals surface area (Å²) in [5.74, 6) is -1.31. The number of aliphatic hydroxyl groups is 5. The molecule has 68 heavy (non-hydrogen) atoms. The van der Waals surface area contributed by atoms with Gasteiger partial charge in [-0.1, -0.05) is 144 Å². The van der Waals surface area contributed by atoms with Crippen molar-refractivity contribution in [3.8, 4) is 0 Å². The Labute approximate surface area is 404 Å². The van der Waals surface area contributed by atoms with E-state index >= 15 is 0 Å². The Balaban J connectivity index is 2.64. The van der Waals surface area contributed by atoms with E-state index in [0.717, 1.165) is 70.6 Å². The summed E-state index contributed by atoms with van der Waals surface area (Å²) >= 11 is 0. The summed E-state index contributed by atoms with van der Waals surface area (Å²) in [5, 5.41) is 51.0. The molecule has 0 aromatic carbocycles. The molecule has 0 heterocycles. The van der Waals surface area contributed by atoms with E-state index in [1.54, 1.807) is 6.08 Å². The van der Waals surface area contributed by atoms with Crippen molar-refractivity contribution >= 4 is 27.6 Å². The van der Waals surface area contributed by atoms with Gasteiger partial charge in [-0.05, 0) is 77.0 Å². The number of hydrogen-bond donors (Lipinski definition) is 8. The number of ether oxygens (including phenoxy) is 2. The predicted octanol–water partition coefficient (Wildman–Crippen LogP) is 8.36. The molecular formula is C49H82O17P2. The molecule has 17 nitrogen and oxygen atoms in total. The molecule has 6 unspecified atom stereocenters. The van der Waals surface area contributed by atoms with Gasteiger partial charge in [0.15, 0.2) is 6.10 Å². The normalized spacial score (nSPS) is 22.4. The molecule has 0 saturated heterocycles. The number of aliphatic hydroxyl groups excluding tert-OH is 5. The first-order valence-electron chi connectivity index (χ1n) is 24.2. The Morgan fingerprint density at radius 2 is 1.07 bits per heavy atom. The fourth-order valence-electron chi connectivity index (χ4n) is 6.76. The van der Waals surface area contributed by atoms with E-state index in [1.165, 1.54) is 19.3 Å². The summed E-state index contributed by atoms with van der Waals surface area (Å²) < 4.78 is 49.3. The van der Waals surface area contributed by atoms with Crippen LogP contribution in [0, 0.1) is 0 Å². The van der Waals surface area contributed by atoms with E-state index in [9.17, 15) is 58.9 Å². The number of phosphoric acid groups is 2.